The first-order chi connectivity index (χ1) is 20.4. The molecule has 0 spiro atoms. The van der Waals surface area contributed by atoms with Crippen LogP contribution in [0, 0.1) is 5.82 Å². The van der Waals surface area contributed by atoms with Crippen LogP contribution in [0.4, 0.5) is 14.9 Å². The van der Waals surface area contributed by atoms with Crippen molar-refractivity contribution in [2.45, 2.75) is 25.4 Å². The van der Waals surface area contributed by atoms with Crippen molar-refractivity contribution in [3.63, 3.8) is 0 Å². The number of aromatic nitrogens is 2. The molecule has 2 aliphatic rings. The molecule has 1 aromatic carbocycles. The summed E-state index contributed by atoms with van der Waals surface area (Å²) in [5.74, 6) is -0.0177. The van der Waals surface area contributed by atoms with Crippen LogP contribution < -0.4 is 4.74 Å². The number of benzene rings is 1. The van der Waals surface area contributed by atoms with Gasteiger partial charge in [-0.15, -0.1) is 23.1 Å². The fourth-order valence-corrected chi connectivity index (χ4v) is 5.26. The number of methoxy groups -OCH3 is 1. The van der Waals surface area contributed by atoms with Crippen LogP contribution in [-0.4, -0.2) is 78.4 Å². The first-order valence-electron chi connectivity index (χ1n) is 13.8. The summed E-state index contributed by atoms with van der Waals surface area (Å²) in [5, 5.41) is 0. The molecule has 1 amide bonds. The smallest absolute Gasteiger partial charge is 0.409 e. The van der Waals surface area contributed by atoms with E-state index in [1.165, 1.54) is 23.5 Å². The Morgan fingerprint density at radius 3 is 2.47 bits per heavy atom. The van der Waals surface area contributed by atoms with E-state index in [2.05, 4.69) is 20.9 Å². The van der Waals surface area contributed by atoms with E-state index in [9.17, 15) is 9.18 Å². The van der Waals surface area contributed by atoms with Crippen molar-refractivity contribution in [3.05, 3.63) is 77.7 Å². The van der Waals surface area contributed by atoms with Crippen LogP contribution in [-0.2, 0) is 48.7 Å². The summed E-state index contributed by atoms with van der Waals surface area (Å²) in [7, 11) is 1.57. The summed E-state index contributed by atoms with van der Waals surface area (Å²) < 4.78 is 31.0. The number of nitrogens with zero attached hydrogens (tertiary/aromatic N) is 4. The molecule has 1 aliphatic carbocycles. The number of piperazine rings is 1. The van der Waals surface area contributed by atoms with Crippen LogP contribution in [0.25, 0.3) is 32.3 Å². The molecule has 10 nitrogen and oxygen atoms in total. The zero-order chi connectivity index (χ0) is 29.5. The molecule has 43 heavy (non-hydrogen) atoms. The topological polar surface area (TPSA) is 125 Å². The van der Waals surface area contributed by atoms with Crippen LogP contribution in [0.3, 0.4) is 0 Å². The fourth-order valence-electron chi connectivity index (χ4n) is 4.22. The predicted molar refractivity (Wildman–Crippen MR) is 161 cm³/mol. The molecular formula is C30H33FN6O4SY-2. The van der Waals surface area contributed by atoms with Crippen molar-refractivity contribution in [2.75, 3.05) is 46.5 Å². The largest absolute Gasteiger partial charge is 0.699 e. The Kier molecular flexibility index (Phi) is 12.2. The number of hydrogen-bond acceptors (Lipinski definition) is 8. The number of carbonyl (C=O) groups excluding carboxylic acids is 1. The fraction of sp³-hybridized carbons (Fsp3) is 0.367. The molecule has 13 heteroatoms. The van der Waals surface area contributed by atoms with Crippen LogP contribution in [0.5, 0.6) is 11.5 Å². The van der Waals surface area contributed by atoms with Crippen molar-refractivity contribution >= 4 is 33.3 Å². The molecule has 1 aliphatic heterocycles. The van der Waals surface area contributed by atoms with Gasteiger partial charge in [0.15, 0.2) is 11.6 Å². The van der Waals surface area contributed by atoms with E-state index in [4.69, 9.17) is 25.7 Å². The monoisotopic (exact) mass is 681 g/mol. The normalized spacial score (nSPS) is 14.9. The Morgan fingerprint density at radius 1 is 1.05 bits per heavy atom. The van der Waals surface area contributed by atoms with Crippen molar-refractivity contribution in [2.24, 2.45) is 0 Å². The Morgan fingerprint density at radius 2 is 1.81 bits per heavy atom. The number of fused-ring (bicyclic) bond motifs is 1. The van der Waals surface area contributed by atoms with E-state index in [0.717, 1.165) is 64.9 Å². The van der Waals surface area contributed by atoms with E-state index >= 15 is 0 Å². The Hall–Kier alpha value is -2.74. The number of ether oxygens (including phenoxy) is 3. The minimum atomic E-state index is -0.583. The van der Waals surface area contributed by atoms with Gasteiger partial charge in [0.1, 0.15) is 12.4 Å². The molecular weight excluding hydrogens is 648 g/mol. The molecule has 0 unspecified atom stereocenters. The summed E-state index contributed by atoms with van der Waals surface area (Å²) in [6, 6.07) is 12.1. The molecule has 1 radical (unpaired) electrons. The average Bonchev–Trinajstić information content (AvgIpc) is 3.65. The molecule has 4 aromatic rings. The third-order valence-electron chi connectivity index (χ3n) is 6.73. The number of amides is 1. The van der Waals surface area contributed by atoms with Gasteiger partial charge in [-0.2, -0.15) is 0 Å². The molecule has 225 valence electrons. The molecule has 0 atom stereocenters. The summed E-state index contributed by atoms with van der Waals surface area (Å²) >= 11 is 1.48. The van der Waals surface area contributed by atoms with Gasteiger partial charge in [0.05, 0.1) is 27.4 Å². The number of rotatable bonds is 8. The second kappa shape index (κ2) is 15.8. The standard InChI is InChI=1S/C27H27FN5O4S.C3H6N.Y/c1-35-12-13-36-27(34)33-10-8-32(9-11-33)17-18-2-4-21(31-16-18)25-15-22-26(38-25)24(6-7-30-22)37-23-5-3-19(29)14-20(23)28;4-3-1-2-3;/h2-7,14-16,29H,8-13,17H2,1H3;3-4H,1-2H2;/q2*-1;. The van der Waals surface area contributed by atoms with Gasteiger partial charge >= 0.3 is 6.09 Å². The van der Waals surface area contributed by atoms with Crippen LogP contribution in [0.1, 0.15) is 18.4 Å². The molecule has 2 fully saturated rings. The third kappa shape index (κ3) is 9.37. The van der Waals surface area contributed by atoms with Gasteiger partial charge in [0.2, 0.25) is 0 Å². The van der Waals surface area contributed by atoms with E-state index in [1.807, 2.05) is 18.3 Å². The number of nitrogens with one attached hydrogen (secondary N) is 2. The van der Waals surface area contributed by atoms with E-state index in [1.54, 1.807) is 24.3 Å². The molecule has 0 bridgehead atoms. The second-order valence-corrected chi connectivity index (χ2v) is 11.1. The van der Waals surface area contributed by atoms with Gasteiger partial charge in [-0.1, -0.05) is 25.0 Å². The van der Waals surface area contributed by atoms with E-state index < -0.39 is 5.82 Å². The zero-order valence-electron chi connectivity index (χ0n) is 23.9. The number of halogens is 1. The minimum Gasteiger partial charge on any atom is -0.699 e. The molecule has 1 saturated heterocycles. The summed E-state index contributed by atoms with van der Waals surface area (Å²) in [6.07, 6.45) is 5.50. The number of pyridine rings is 2. The van der Waals surface area contributed by atoms with Gasteiger partial charge in [0.25, 0.3) is 0 Å². The molecule has 1 saturated carbocycles. The summed E-state index contributed by atoms with van der Waals surface area (Å²) in [5.41, 5.74) is 17.0. The number of thiophene rings is 1. The predicted octanol–water partition coefficient (Wildman–Crippen LogP) is 7.07. The van der Waals surface area contributed by atoms with Crippen molar-refractivity contribution < 1.29 is 56.1 Å². The average molecular weight is 682 g/mol. The van der Waals surface area contributed by atoms with Crippen molar-refractivity contribution in [1.82, 2.24) is 19.8 Å². The Labute approximate surface area is 279 Å². The number of carbonyl (C=O) groups is 1. The maximum absolute atomic E-state index is 14.2. The van der Waals surface area contributed by atoms with Gasteiger partial charge in [-0.25, -0.2) is 9.18 Å². The van der Waals surface area contributed by atoms with Gasteiger partial charge < -0.3 is 30.6 Å². The Bertz CT molecular complexity index is 1500. The Balaban J connectivity index is 0.000000782. The first kappa shape index (κ1) is 33.2. The van der Waals surface area contributed by atoms with Gasteiger partial charge in [-0.3, -0.25) is 14.9 Å². The second-order valence-electron chi connectivity index (χ2n) is 10.1. The summed E-state index contributed by atoms with van der Waals surface area (Å²) in [6.45, 7) is 4.16. The quantitative estimate of drug-likeness (QED) is 0.182. The van der Waals surface area contributed by atoms with Gasteiger partial charge in [0, 0.05) is 91.0 Å². The van der Waals surface area contributed by atoms with Gasteiger partial charge in [-0.05, 0) is 29.8 Å². The zero-order valence-corrected chi connectivity index (χ0v) is 27.6. The van der Waals surface area contributed by atoms with E-state index in [-0.39, 0.29) is 56.8 Å². The van der Waals surface area contributed by atoms with Crippen LogP contribution >= 0.6 is 11.3 Å². The maximum Gasteiger partial charge on any atom is 0.409 e. The maximum atomic E-state index is 14.2. The summed E-state index contributed by atoms with van der Waals surface area (Å²) in [4.78, 5) is 26.1. The first-order valence-corrected chi connectivity index (χ1v) is 14.6. The molecule has 4 heterocycles. The number of hydrogen-bond donors (Lipinski definition) is 0. The molecule has 6 rings (SSSR count). The van der Waals surface area contributed by atoms with Crippen LogP contribution in [0.2, 0.25) is 0 Å². The van der Waals surface area contributed by atoms with Crippen molar-refractivity contribution in [1.29, 1.82) is 0 Å². The van der Waals surface area contributed by atoms with E-state index in [0.29, 0.717) is 31.5 Å². The van der Waals surface area contributed by atoms with Crippen LogP contribution in [0.15, 0.2) is 54.9 Å². The SMILES string of the molecule is COCCOC(=O)N1CCN(Cc2ccc(-c3cc4nccc(Oc5ccc([NH-])cc5F)c4s3)nc2)CC1.[NH-]C1CC1.[Y]. The minimum absolute atomic E-state index is 0. The molecule has 2 N–H and O–H groups in total. The third-order valence-corrected chi connectivity index (χ3v) is 7.89. The van der Waals surface area contributed by atoms with Crippen molar-refractivity contribution in [3.8, 4) is 22.1 Å². The molecule has 3 aromatic heterocycles.